The molecule has 2 heterocycles. The van der Waals surface area contributed by atoms with Crippen molar-refractivity contribution in [3.8, 4) is 0 Å². The molecule has 1 aromatic heterocycles. The SMILES string of the molecule is COCCN(C)CC1CN(C(=O)c2cccn2C)CC1CO. The molecule has 1 aliphatic rings. The lowest BCUT2D eigenvalue weighted by molar-refractivity contribution is 0.0769. The average Bonchev–Trinajstić information content (AvgIpc) is 3.10. The van der Waals surface area contributed by atoms with Gasteiger partial charge in [0.2, 0.25) is 0 Å². The van der Waals surface area contributed by atoms with Crippen LogP contribution in [-0.2, 0) is 11.8 Å². The summed E-state index contributed by atoms with van der Waals surface area (Å²) in [5, 5.41) is 9.62. The number of aromatic nitrogens is 1. The molecule has 1 aliphatic heterocycles. The highest BCUT2D eigenvalue weighted by molar-refractivity contribution is 5.93. The largest absolute Gasteiger partial charge is 0.396 e. The minimum atomic E-state index is 0.0491. The first-order chi connectivity index (χ1) is 10.6. The van der Waals surface area contributed by atoms with Gasteiger partial charge in [-0.2, -0.15) is 0 Å². The smallest absolute Gasteiger partial charge is 0.270 e. The molecule has 2 unspecified atom stereocenters. The predicted molar refractivity (Wildman–Crippen MR) is 84.8 cm³/mol. The molecule has 1 N–H and O–H groups in total. The maximum absolute atomic E-state index is 12.6. The number of rotatable bonds is 7. The number of likely N-dealkylation sites (N-methyl/N-ethyl adjacent to an activating group) is 1. The normalized spacial score (nSPS) is 21.8. The van der Waals surface area contributed by atoms with Crippen LogP contribution in [0.4, 0.5) is 0 Å². The number of carbonyl (C=O) groups excluding carboxylic acids is 1. The van der Waals surface area contributed by atoms with Crippen LogP contribution in [0.5, 0.6) is 0 Å². The summed E-state index contributed by atoms with van der Waals surface area (Å²) in [6.45, 7) is 3.87. The number of methoxy groups -OCH3 is 1. The Morgan fingerprint density at radius 3 is 2.77 bits per heavy atom. The van der Waals surface area contributed by atoms with Crippen molar-refractivity contribution in [3.05, 3.63) is 24.0 Å². The molecule has 22 heavy (non-hydrogen) atoms. The maximum atomic E-state index is 12.6. The molecule has 2 rings (SSSR count). The fourth-order valence-corrected chi connectivity index (χ4v) is 3.10. The molecule has 6 nitrogen and oxygen atoms in total. The lowest BCUT2D eigenvalue weighted by atomic mass is 9.96. The van der Waals surface area contributed by atoms with Crippen LogP contribution in [0.25, 0.3) is 0 Å². The number of carbonyl (C=O) groups is 1. The summed E-state index contributed by atoms with van der Waals surface area (Å²) < 4.78 is 6.93. The summed E-state index contributed by atoms with van der Waals surface area (Å²) in [4.78, 5) is 16.7. The van der Waals surface area contributed by atoms with Crippen molar-refractivity contribution in [2.45, 2.75) is 0 Å². The van der Waals surface area contributed by atoms with E-state index in [2.05, 4.69) is 11.9 Å². The standard InChI is InChI=1S/C16H27N3O3/c1-17(7-8-22-3)9-13-10-19(11-14(13)12-20)16(21)15-5-4-6-18(15)2/h4-6,13-14,20H,7-12H2,1-3H3. The molecule has 1 amide bonds. The Morgan fingerprint density at radius 2 is 2.18 bits per heavy atom. The molecule has 1 saturated heterocycles. The molecule has 6 heteroatoms. The van der Waals surface area contributed by atoms with Gasteiger partial charge in [0.05, 0.1) is 6.61 Å². The molecule has 0 radical (unpaired) electrons. The third-order valence-corrected chi connectivity index (χ3v) is 4.48. The van der Waals surface area contributed by atoms with Crippen LogP contribution < -0.4 is 0 Å². The number of nitrogens with zero attached hydrogens (tertiary/aromatic N) is 3. The predicted octanol–water partition coefficient (Wildman–Crippen LogP) is 0.284. The molecule has 2 atom stereocenters. The molecular weight excluding hydrogens is 282 g/mol. The second-order valence-electron chi connectivity index (χ2n) is 6.17. The fourth-order valence-electron chi connectivity index (χ4n) is 3.10. The summed E-state index contributed by atoms with van der Waals surface area (Å²) in [5.74, 6) is 0.498. The third-order valence-electron chi connectivity index (χ3n) is 4.48. The number of ether oxygens (including phenoxy) is 1. The zero-order valence-corrected chi connectivity index (χ0v) is 13.7. The van der Waals surface area contributed by atoms with Gasteiger partial charge in [0.1, 0.15) is 5.69 Å². The summed E-state index contributed by atoms with van der Waals surface area (Å²) >= 11 is 0. The van der Waals surface area contributed by atoms with E-state index < -0.39 is 0 Å². The van der Waals surface area contributed by atoms with Crippen molar-refractivity contribution in [1.82, 2.24) is 14.4 Å². The van der Waals surface area contributed by atoms with E-state index in [1.54, 1.807) is 7.11 Å². The van der Waals surface area contributed by atoms with Gasteiger partial charge in [-0.25, -0.2) is 0 Å². The van der Waals surface area contributed by atoms with E-state index in [1.165, 1.54) is 0 Å². The van der Waals surface area contributed by atoms with Crippen molar-refractivity contribution in [2.24, 2.45) is 18.9 Å². The number of hydrogen-bond donors (Lipinski definition) is 1. The van der Waals surface area contributed by atoms with E-state index in [0.717, 1.165) is 13.1 Å². The Balaban J connectivity index is 1.97. The van der Waals surface area contributed by atoms with E-state index in [1.807, 2.05) is 34.8 Å². The number of likely N-dealkylation sites (tertiary alicyclic amines) is 1. The van der Waals surface area contributed by atoms with Crippen molar-refractivity contribution in [2.75, 3.05) is 53.6 Å². The van der Waals surface area contributed by atoms with Crippen molar-refractivity contribution in [3.63, 3.8) is 0 Å². The first-order valence-corrected chi connectivity index (χ1v) is 7.75. The highest BCUT2D eigenvalue weighted by atomic mass is 16.5. The van der Waals surface area contributed by atoms with Crippen molar-refractivity contribution >= 4 is 5.91 Å². The molecule has 0 spiro atoms. The minimum Gasteiger partial charge on any atom is -0.396 e. The number of amides is 1. The summed E-state index contributed by atoms with van der Waals surface area (Å²) in [6.07, 6.45) is 1.88. The Hall–Kier alpha value is -1.37. The van der Waals surface area contributed by atoms with E-state index in [9.17, 15) is 9.90 Å². The van der Waals surface area contributed by atoms with Crippen LogP contribution >= 0.6 is 0 Å². The van der Waals surface area contributed by atoms with E-state index in [4.69, 9.17) is 4.74 Å². The Bertz CT molecular complexity index is 489. The van der Waals surface area contributed by atoms with E-state index in [0.29, 0.717) is 31.3 Å². The molecule has 1 fully saturated rings. The fraction of sp³-hybridized carbons (Fsp3) is 0.688. The Labute approximate surface area is 132 Å². The van der Waals surface area contributed by atoms with Gasteiger partial charge in [-0.3, -0.25) is 4.79 Å². The second kappa shape index (κ2) is 7.76. The van der Waals surface area contributed by atoms with E-state index >= 15 is 0 Å². The van der Waals surface area contributed by atoms with E-state index in [-0.39, 0.29) is 18.4 Å². The van der Waals surface area contributed by atoms with Crippen LogP contribution in [-0.4, -0.2) is 78.9 Å². The molecule has 0 bridgehead atoms. The molecule has 0 aliphatic carbocycles. The average molecular weight is 309 g/mol. The molecular formula is C16H27N3O3. The van der Waals surface area contributed by atoms with Gasteiger partial charge in [-0.1, -0.05) is 0 Å². The van der Waals surface area contributed by atoms with Gasteiger partial charge in [0.25, 0.3) is 5.91 Å². The second-order valence-corrected chi connectivity index (χ2v) is 6.17. The first-order valence-electron chi connectivity index (χ1n) is 7.75. The lowest BCUT2D eigenvalue weighted by Gasteiger charge is -2.23. The van der Waals surface area contributed by atoms with Gasteiger partial charge in [-0.05, 0) is 25.1 Å². The van der Waals surface area contributed by atoms with Gasteiger partial charge in [-0.15, -0.1) is 0 Å². The number of aliphatic hydroxyl groups is 1. The van der Waals surface area contributed by atoms with Crippen molar-refractivity contribution < 1.29 is 14.6 Å². The lowest BCUT2D eigenvalue weighted by Crippen LogP contribution is -2.34. The van der Waals surface area contributed by atoms with Crippen LogP contribution in [0.3, 0.4) is 0 Å². The Kier molecular flexibility index (Phi) is 5.99. The third kappa shape index (κ3) is 3.88. The van der Waals surface area contributed by atoms with Crippen LogP contribution in [0.15, 0.2) is 18.3 Å². The number of aliphatic hydroxyl groups excluding tert-OH is 1. The Morgan fingerprint density at radius 1 is 1.45 bits per heavy atom. The van der Waals surface area contributed by atoms with Crippen LogP contribution in [0.1, 0.15) is 10.5 Å². The summed E-state index contributed by atoms with van der Waals surface area (Å²) in [7, 11) is 5.62. The van der Waals surface area contributed by atoms with Crippen LogP contribution in [0, 0.1) is 11.8 Å². The van der Waals surface area contributed by atoms with Crippen LogP contribution in [0.2, 0.25) is 0 Å². The zero-order valence-electron chi connectivity index (χ0n) is 13.7. The summed E-state index contributed by atoms with van der Waals surface area (Å²) in [6, 6.07) is 3.72. The molecule has 124 valence electrons. The van der Waals surface area contributed by atoms with Crippen molar-refractivity contribution in [1.29, 1.82) is 0 Å². The van der Waals surface area contributed by atoms with Gasteiger partial charge >= 0.3 is 0 Å². The maximum Gasteiger partial charge on any atom is 0.270 e. The summed E-state index contributed by atoms with van der Waals surface area (Å²) in [5.41, 5.74) is 0.699. The molecule has 0 saturated carbocycles. The van der Waals surface area contributed by atoms with Gasteiger partial charge in [0, 0.05) is 59.1 Å². The minimum absolute atomic E-state index is 0.0491. The number of aryl methyl sites for hydroxylation is 1. The molecule has 0 aromatic carbocycles. The molecule has 1 aromatic rings. The monoisotopic (exact) mass is 309 g/mol. The topological polar surface area (TPSA) is 57.9 Å². The first kappa shape index (κ1) is 17.0. The highest BCUT2D eigenvalue weighted by Crippen LogP contribution is 2.25. The quantitative estimate of drug-likeness (QED) is 0.786. The van der Waals surface area contributed by atoms with Gasteiger partial charge < -0.3 is 24.2 Å². The number of hydrogen-bond acceptors (Lipinski definition) is 4. The van der Waals surface area contributed by atoms with Gasteiger partial charge in [0.15, 0.2) is 0 Å². The highest BCUT2D eigenvalue weighted by Gasteiger charge is 2.36. The zero-order chi connectivity index (χ0) is 16.1.